The molecule has 2 aromatic rings. The summed E-state index contributed by atoms with van der Waals surface area (Å²) < 4.78 is 40.3. The van der Waals surface area contributed by atoms with E-state index in [-0.39, 0.29) is 21.1 Å². The molecular formula is C23H17F3O2S2. The lowest BCUT2D eigenvalue weighted by Gasteiger charge is -2.12. The number of carbonyl (C=O) groups is 2. The lowest BCUT2D eigenvalue weighted by molar-refractivity contribution is -0.139. The van der Waals surface area contributed by atoms with E-state index in [4.69, 9.17) is 0 Å². The topological polar surface area (TPSA) is 34.1 Å². The minimum absolute atomic E-state index is 0.142. The number of halogens is 3. The van der Waals surface area contributed by atoms with Crippen molar-refractivity contribution in [2.24, 2.45) is 0 Å². The van der Waals surface area contributed by atoms with Gasteiger partial charge in [0, 0.05) is 20.9 Å². The second kappa shape index (κ2) is 9.88. The summed E-state index contributed by atoms with van der Waals surface area (Å²) in [7, 11) is 0. The van der Waals surface area contributed by atoms with Gasteiger partial charge in [-0.2, -0.15) is 13.2 Å². The van der Waals surface area contributed by atoms with Crippen LogP contribution in [0.15, 0.2) is 76.6 Å². The Kier molecular flexibility index (Phi) is 7.77. The summed E-state index contributed by atoms with van der Waals surface area (Å²) in [6.45, 7) is 10.1. The maximum atomic E-state index is 13.4. The number of rotatable bonds is 4. The molecule has 0 aliphatic carbocycles. The Morgan fingerprint density at radius 1 is 0.833 bits per heavy atom. The lowest BCUT2D eigenvalue weighted by atomic mass is 10.1. The van der Waals surface area contributed by atoms with E-state index in [0.717, 1.165) is 22.7 Å². The van der Waals surface area contributed by atoms with Gasteiger partial charge in [0.15, 0.2) is 0 Å². The Labute approximate surface area is 181 Å². The van der Waals surface area contributed by atoms with Gasteiger partial charge >= 0.3 is 6.18 Å². The van der Waals surface area contributed by atoms with E-state index >= 15 is 0 Å². The third-order valence-corrected chi connectivity index (χ3v) is 5.75. The Morgan fingerprint density at radius 3 is 1.87 bits per heavy atom. The number of hydrogen-bond acceptors (Lipinski definition) is 4. The molecule has 0 aliphatic heterocycles. The molecule has 0 aromatic heterocycles. The fourth-order valence-corrected chi connectivity index (χ4v) is 3.51. The first kappa shape index (κ1) is 23.6. The van der Waals surface area contributed by atoms with E-state index in [0.29, 0.717) is 22.9 Å². The number of alkyl halides is 3. The van der Waals surface area contributed by atoms with Crippen LogP contribution < -0.4 is 0 Å². The first-order valence-corrected chi connectivity index (χ1v) is 10.2. The van der Waals surface area contributed by atoms with Crippen LogP contribution in [0.25, 0.3) is 0 Å². The van der Waals surface area contributed by atoms with Crippen LogP contribution in [0.5, 0.6) is 0 Å². The molecule has 0 atom stereocenters. The van der Waals surface area contributed by atoms with E-state index in [9.17, 15) is 22.8 Å². The van der Waals surface area contributed by atoms with E-state index in [1.54, 1.807) is 31.2 Å². The predicted octanol–water partition coefficient (Wildman–Crippen LogP) is 6.49. The van der Waals surface area contributed by atoms with Crippen LogP contribution in [0.2, 0.25) is 0 Å². The lowest BCUT2D eigenvalue weighted by Crippen LogP contribution is -2.08. The maximum Gasteiger partial charge on any atom is 0.417 e. The Hall–Kier alpha value is -2.69. The monoisotopic (exact) mass is 446 g/mol. The molecule has 154 valence electrons. The second-order valence-corrected chi connectivity index (χ2v) is 8.38. The quantitative estimate of drug-likeness (QED) is 0.305. The van der Waals surface area contributed by atoms with Gasteiger partial charge < -0.3 is 0 Å². The molecule has 30 heavy (non-hydrogen) atoms. The third kappa shape index (κ3) is 6.68. The van der Waals surface area contributed by atoms with Crippen LogP contribution in [0, 0.1) is 11.8 Å². The largest absolute Gasteiger partial charge is 0.417 e. The predicted molar refractivity (Wildman–Crippen MR) is 115 cm³/mol. The second-order valence-electron chi connectivity index (χ2n) is 6.32. The molecule has 0 saturated carbocycles. The van der Waals surface area contributed by atoms with Gasteiger partial charge in [-0.25, -0.2) is 0 Å². The molecule has 0 amide bonds. The number of carbonyl (C=O) groups excluding carboxylic acids is 2. The molecule has 0 fully saturated rings. The van der Waals surface area contributed by atoms with Gasteiger partial charge in [0.1, 0.15) is 0 Å². The summed E-state index contributed by atoms with van der Waals surface area (Å²) in [6.07, 6.45) is -4.62. The molecule has 0 N–H and O–H groups in total. The van der Waals surface area contributed by atoms with Crippen molar-refractivity contribution in [2.45, 2.75) is 29.8 Å². The molecule has 2 rings (SSSR count). The van der Waals surface area contributed by atoms with E-state index in [2.05, 4.69) is 25.0 Å². The van der Waals surface area contributed by atoms with Crippen LogP contribution in [-0.4, -0.2) is 10.2 Å². The molecule has 0 spiro atoms. The van der Waals surface area contributed by atoms with Crippen molar-refractivity contribution < 1.29 is 22.8 Å². The summed E-state index contributed by atoms with van der Waals surface area (Å²) in [6, 6.07) is 10.4. The van der Waals surface area contributed by atoms with Gasteiger partial charge in [0.25, 0.3) is 0 Å². The van der Waals surface area contributed by atoms with Gasteiger partial charge in [-0.3, -0.25) is 9.59 Å². The molecular weight excluding hydrogens is 429 g/mol. The Bertz CT molecular complexity index is 1070. The molecule has 0 radical (unpaired) electrons. The van der Waals surface area contributed by atoms with E-state index in [1.807, 2.05) is 0 Å². The van der Waals surface area contributed by atoms with Crippen molar-refractivity contribution in [3.8, 4) is 11.8 Å². The first-order valence-electron chi connectivity index (χ1n) is 8.56. The number of benzene rings is 2. The van der Waals surface area contributed by atoms with Gasteiger partial charge in [0.05, 0.1) is 5.56 Å². The fraction of sp³-hybridized carbons (Fsp3) is 0.130. The summed E-state index contributed by atoms with van der Waals surface area (Å²) in [5.41, 5.74) is 0.454. The maximum absolute atomic E-state index is 13.4. The minimum Gasteiger partial charge on any atom is -0.282 e. The molecule has 2 aromatic carbocycles. The highest BCUT2D eigenvalue weighted by Crippen LogP contribution is 2.38. The van der Waals surface area contributed by atoms with E-state index < -0.39 is 16.9 Å². The van der Waals surface area contributed by atoms with Crippen LogP contribution in [0.4, 0.5) is 13.2 Å². The highest BCUT2D eigenvalue weighted by molar-refractivity contribution is 8.14. The van der Waals surface area contributed by atoms with Crippen LogP contribution in [0.3, 0.4) is 0 Å². The summed E-state index contributed by atoms with van der Waals surface area (Å²) in [5, 5.41) is -0.668. The first-order chi connectivity index (χ1) is 14.0. The standard InChI is InChI=1S/C23H17F3O2S2/c1-14(2)21(27)29-18-10-7-16(8-11-18)5-6-17-9-12-20(30-22(28)15(3)4)19(13-17)23(24,25)26/h7-13H,1,3H2,2,4H3. The molecule has 0 bridgehead atoms. The highest BCUT2D eigenvalue weighted by Gasteiger charge is 2.34. The highest BCUT2D eigenvalue weighted by atomic mass is 32.2. The average molecular weight is 447 g/mol. The molecule has 0 saturated heterocycles. The molecule has 0 unspecified atom stereocenters. The number of hydrogen-bond donors (Lipinski definition) is 0. The Balaban J connectivity index is 2.26. The van der Waals surface area contributed by atoms with E-state index in [1.165, 1.54) is 19.1 Å². The zero-order valence-electron chi connectivity index (χ0n) is 16.2. The number of thioether (sulfide) groups is 2. The van der Waals surface area contributed by atoms with Crippen molar-refractivity contribution >= 4 is 33.8 Å². The van der Waals surface area contributed by atoms with Crippen LogP contribution >= 0.6 is 23.5 Å². The smallest absolute Gasteiger partial charge is 0.282 e. The van der Waals surface area contributed by atoms with Gasteiger partial charge in [0.2, 0.25) is 10.2 Å². The summed E-state index contributed by atoms with van der Waals surface area (Å²) in [5.74, 6) is 5.51. The molecule has 0 heterocycles. The molecule has 0 aliphatic rings. The van der Waals surface area contributed by atoms with Gasteiger partial charge in [-0.15, -0.1) is 0 Å². The van der Waals surface area contributed by atoms with Crippen molar-refractivity contribution in [1.82, 2.24) is 0 Å². The molecule has 7 heteroatoms. The minimum atomic E-state index is -4.62. The average Bonchev–Trinajstić information content (AvgIpc) is 2.67. The van der Waals surface area contributed by atoms with Crippen molar-refractivity contribution in [3.05, 3.63) is 83.5 Å². The van der Waals surface area contributed by atoms with Crippen molar-refractivity contribution in [2.75, 3.05) is 0 Å². The third-order valence-electron chi connectivity index (χ3n) is 3.60. The van der Waals surface area contributed by atoms with Gasteiger partial charge in [-0.05, 0) is 91.0 Å². The molecule has 2 nitrogen and oxygen atoms in total. The zero-order chi connectivity index (χ0) is 22.5. The van der Waals surface area contributed by atoms with Crippen molar-refractivity contribution in [1.29, 1.82) is 0 Å². The SMILES string of the molecule is C=C(C)C(=O)Sc1ccc(C#Cc2ccc(SC(=O)C(=C)C)c(C(F)(F)F)c2)cc1. The van der Waals surface area contributed by atoms with Gasteiger partial charge in [-0.1, -0.05) is 25.0 Å². The van der Waals surface area contributed by atoms with Crippen molar-refractivity contribution in [3.63, 3.8) is 0 Å². The zero-order valence-corrected chi connectivity index (χ0v) is 17.9. The Morgan fingerprint density at radius 2 is 1.33 bits per heavy atom. The summed E-state index contributed by atoms with van der Waals surface area (Å²) >= 11 is 1.53. The van der Waals surface area contributed by atoms with Crippen LogP contribution in [0.1, 0.15) is 30.5 Å². The fourth-order valence-electron chi connectivity index (χ4n) is 2.05. The summed E-state index contributed by atoms with van der Waals surface area (Å²) in [4.78, 5) is 24.0. The normalized spacial score (nSPS) is 10.7. The van der Waals surface area contributed by atoms with Crippen LogP contribution in [-0.2, 0) is 15.8 Å².